The molecule has 0 radical (unpaired) electrons. The number of hydrogen-bond acceptors (Lipinski definition) is 4. The average molecular weight is 428 g/mol. The minimum atomic E-state index is -0.0912. The molecule has 7 heteroatoms. The summed E-state index contributed by atoms with van der Waals surface area (Å²) in [5.74, 6) is -0.0912. The summed E-state index contributed by atoms with van der Waals surface area (Å²) in [5, 5.41) is 5.08. The normalized spacial score (nSPS) is 12.6. The number of amides is 1. The monoisotopic (exact) mass is 427 g/mol. The van der Waals surface area contributed by atoms with E-state index in [0.29, 0.717) is 10.0 Å². The number of benzene rings is 3. The highest BCUT2D eigenvalue weighted by Gasteiger charge is 2.27. The second-order valence-electron chi connectivity index (χ2n) is 6.03. The Morgan fingerprint density at radius 2 is 1.61 bits per heavy atom. The van der Waals surface area contributed by atoms with E-state index in [4.69, 9.17) is 23.2 Å². The molecule has 0 unspecified atom stereocenters. The number of rotatable bonds is 4. The van der Waals surface area contributed by atoms with E-state index < -0.39 is 0 Å². The molecule has 0 saturated heterocycles. The largest absolute Gasteiger partial charge is 0.301 e. The highest BCUT2D eigenvalue weighted by Crippen LogP contribution is 2.47. The lowest BCUT2D eigenvalue weighted by Crippen LogP contribution is -2.35. The van der Waals surface area contributed by atoms with Crippen LogP contribution >= 0.6 is 35.0 Å². The van der Waals surface area contributed by atoms with Gasteiger partial charge in [-0.25, -0.2) is 0 Å². The molecule has 0 bridgehead atoms. The third kappa shape index (κ3) is 3.87. The Hall–Kier alpha value is -2.47. The predicted octanol–water partition coefficient (Wildman–Crippen LogP) is 5.75. The Morgan fingerprint density at radius 3 is 2.25 bits per heavy atom. The molecule has 28 heavy (non-hydrogen) atoms. The fourth-order valence-corrected chi connectivity index (χ4v) is 4.24. The first kappa shape index (κ1) is 18.9. The molecule has 140 valence electrons. The van der Waals surface area contributed by atoms with E-state index in [9.17, 15) is 4.79 Å². The number of hydrogen-bond donors (Lipinski definition) is 1. The van der Waals surface area contributed by atoms with Gasteiger partial charge in [0.1, 0.15) is 6.54 Å². The van der Waals surface area contributed by atoms with E-state index in [1.807, 2.05) is 48.5 Å². The van der Waals surface area contributed by atoms with Crippen molar-refractivity contribution < 1.29 is 4.79 Å². The molecule has 0 saturated carbocycles. The molecule has 3 aromatic rings. The summed E-state index contributed by atoms with van der Waals surface area (Å²) in [6.45, 7) is 0.0607. The zero-order chi connectivity index (χ0) is 19.5. The highest BCUT2D eigenvalue weighted by molar-refractivity contribution is 7.99. The number of nitrogens with one attached hydrogen (secondary N) is 1. The summed E-state index contributed by atoms with van der Waals surface area (Å²) in [5.41, 5.74) is 5.38. The topological polar surface area (TPSA) is 44.7 Å². The zero-order valence-corrected chi connectivity index (χ0v) is 16.9. The van der Waals surface area contributed by atoms with Gasteiger partial charge in [0.15, 0.2) is 0 Å². The van der Waals surface area contributed by atoms with Crippen molar-refractivity contribution in [1.82, 2.24) is 5.43 Å². The molecule has 1 amide bonds. The van der Waals surface area contributed by atoms with Crippen LogP contribution in [0, 0.1) is 0 Å². The van der Waals surface area contributed by atoms with Crippen molar-refractivity contribution >= 4 is 58.5 Å². The van der Waals surface area contributed by atoms with Gasteiger partial charge in [-0.2, -0.15) is 5.10 Å². The number of carbonyl (C=O) groups excluding carboxylic acids is 1. The van der Waals surface area contributed by atoms with Crippen molar-refractivity contribution in [3.8, 4) is 0 Å². The predicted molar refractivity (Wildman–Crippen MR) is 116 cm³/mol. The van der Waals surface area contributed by atoms with Crippen molar-refractivity contribution in [1.29, 1.82) is 0 Å². The number of nitrogens with zero attached hydrogens (tertiary/aromatic N) is 2. The summed E-state index contributed by atoms with van der Waals surface area (Å²) >= 11 is 13.6. The van der Waals surface area contributed by atoms with Crippen LogP contribution in [0.25, 0.3) is 0 Å². The van der Waals surface area contributed by atoms with Crippen molar-refractivity contribution in [3.63, 3.8) is 0 Å². The van der Waals surface area contributed by atoms with Crippen LogP contribution in [0.2, 0.25) is 10.0 Å². The van der Waals surface area contributed by atoms with Gasteiger partial charge in [-0.1, -0.05) is 65.3 Å². The van der Waals surface area contributed by atoms with Gasteiger partial charge in [-0.3, -0.25) is 9.69 Å². The second kappa shape index (κ2) is 8.27. The SMILES string of the molecule is O=C(CN/N=C/c1ccc(Cl)c(Cl)c1)N1c2ccccc2Sc2ccccc21. The molecule has 0 atom stereocenters. The van der Waals surface area contributed by atoms with Crippen LogP contribution in [0.5, 0.6) is 0 Å². The van der Waals surface area contributed by atoms with Gasteiger partial charge in [0, 0.05) is 9.79 Å². The molecular formula is C21H15Cl2N3OS. The van der Waals surface area contributed by atoms with Gasteiger partial charge in [0.05, 0.1) is 27.6 Å². The van der Waals surface area contributed by atoms with E-state index in [1.165, 1.54) is 0 Å². The van der Waals surface area contributed by atoms with Gasteiger partial charge < -0.3 is 5.43 Å². The van der Waals surface area contributed by atoms with Crippen LogP contribution < -0.4 is 10.3 Å². The van der Waals surface area contributed by atoms with Crippen LogP contribution in [0.15, 0.2) is 81.6 Å². The maximum Gasteiger partial charge on any atom is 0.252 e. The molecule has 0 aromatic heterocycles. The number of hydrazone groups is 1. The number of halogens is 2. The molecule has 1 aliphatic rings. The summed E-state index contributed by atoms with van der Waals surface area (Å²) in [7, 11) is 0. The standard InChI is InChI=1S/C21H15Cl2N3OS/c22-15-10-9-14(11-16(15)23)12-24-25-13-21(27)26-17-5-1-3-7-19(17)28-20-8-4-2-6-18(20)26/h1-12,25H,13H2/b24-12+. The average Bonchev–Trinajstić information content (AvgIpc) is 2.71. The third-order valence-electron chi connectivity index (χ3n) is 4.16. The number of para-hydroxylation sites is 2. The van der Waals surface area contributed by atoms with Crippen LogP contribution in [0.4, 0.5) is 11.4 Å². The molecule has 1 heterocycles. The Morgan fingerprint density at radius 1 is 0.964 bits per heavy atom. The maximum absolute atomic E-state index is 13.0. The van der Waals surface area contributed by atoms with Crippen molar-refractivity contribution in [3.05, 3.63) is 82.3 Å². The van der Waals surface area contributed by atoms with E-state index in [0.717, 1.165) is 26.7 Å². The van der Waals surface area contributed by atoms with E-state index in [1.54, 1.807) is 41.1 Å². The molecule has 1 aliphatic heterocycles. The summed E-state index contributed by atoms with van der Waals surface area (Å²) in [6, 6.07) is 21.0. The van der Waals surface area contributed by atoms with Gasteiger partial charge >= 0.3 is 0 Å². The van der Waals surface area contributed by atoms with Crippen LogP contribution in [-0.2, 0) is 4.79 Å². The zero-order valence-electron chi connectivity index (χ0n) is 14.6. The number of fused-ring (bicyclic) bond motifs is 2. The lowest BCUT2D eigenvalue weighted by atomic mass is 10.2. The van der Waals surface area contributed by atoms with Crippen molar-refractivity contribution in [2.45, 2.75) is 9.79 Å². The Balaban J connectivity index is 1.50. The first-order valence-corrected chi connectivity index (χ1v) is 10.1. The van der Waals surface area contributed by atoms with Crippen molar-refractivity contribution in [2.75, 3.05) is 11.4 Å². The molecule has 0 aliphatic carbocycles. The molecule has 0 fully saturated rings. The van der Waals surface area contributed by atoms with Crippen LogP contribution in [-0.4, -0.2) is 18.7 Å². The maximum atomic E-state index is 13.0. The van der Waals surface area contributed by atoms with E-state index in [-0.39, 0.29) is 12.5 Å². The van der Waals surface area contributed by atoms with Crippen LogP contribution in [0.3, 0.4) is 0 Å². The fourth-order valence-electron chi connectivity index (χ4n) is 2.88. The van der Waals surface area contributed by atoms with Crippen molar-refractivity contribution in [2.24, 2.45) is 5.10 Å². The first-order chi connectivity index (χ1) is 13.6. The lowest BCUT2D eigenvalue weighted by molar-refractivity contribution is -0.117. The van der Waals surface area contributed by atoms with E-state index in [2.05, 4.69) is 10.5 Å². The molecule has 0 spiro atoms. The molecule has 4 nitrogen and oxygen atoms in total. The quantitative estimate of drug-likeness (QED) is 0.425. The Kier molecular flexibility index (Phi) is 5.57. The number of anilines is 2. The first-order valence-electron chi connectivity index (χ1n) is 8.53. The summed E-state index contributed by atoms with van der Waals surface area (Å²) < 4.78 is 0. The molecular weight excluding hydrogens is 413 g/mol. The summed E-state index contributed by atoms with van der Waals surface area (Å²) in [4.78, 5) is 16.8. The number of carbonyl (C=O) groups is 1. The minimum Gasteiger partial charge on any atom is -0.301 e. The second-order valence-corrected chi connectivity index (χ2v) is 7.93. The van der Waals surface area contributed by atoms with Gasteiger partial charge in [-0.15, -0.1) is 0 Å². The van der Waals surface area contributed by atoms with Gasteiger partial charge in [0.2, 0.25) is 0 Å². The fraction of sp³-hybridized carbons (Fsp3) is 0.0476. The smallest absolute Gasteiger partial charge is 0.252 e. The highest BCUT2D eigenvalue weighted by atomic mass is 35.5. The lowest BCUT2D eigenvalue weighted by Gasteiger charge is -2.30. The van der Waals surface area contributed by atoms with Gasteiger partial charge in [0.25, 0.3) is 5.91 Å². The van der Waals surface area contributed by atoms with Crippen LogP contribution in [0.1, 0.15) is 5.56 Å². The van der Waals surface area contributed by atoms with E-state index >= 15 is 0 Å². The Bertz CT molecular complexity index is 1030. The van der Waals surface area contributed by atoms with Gasteiger partial charge in [-0.05, 0) is 42.0 Å². The minimum absolute atomic E-state index is 0.0607. The third-order valence-corrected chi connectivity index (χ3v) is 6.03. The molecule has 1 N–H and O–H groups in total. The molecule has 4 rings (SSSR count). The molecule has 3 aromatic carbocycles. The summed E-state index contributed by atoms with van der Waals surface area (Å²) in [6.07, 6.45) is 1.60. The Labute approximate surface area is 177 Å².